The highest BCUT2D eigenvalue weighted by Crippen LogP contribution is 2.38. The van der Waals surface area contributed by atoms with E-state index >= 15 is 0 Å². The van der Waals surface area contributed by atoms with Crippen LogP contribution in [0, 0.1) is 11.3 Å². The molecule has 0 atom stereocenters. The van der Waals surface area contributed by atoms with Gasteiger partial charge in [-0.2, -0.15) is 5.26 Å². The second kappa shape index (κ2) is 11.2. The summed E-state index contributed by atoms with van der Waals surface area (Å²) < 4.78 is 16.9. The summed E-state index contributed by atoms with van der Waals surface area (Å²) in [5.41, 5.74) is 1.83. The van der Waals surface area contributed by atoms with E-state index < -0.39 is 23.7 Å². The molecule has 1 fully saturated rings. The summed E-state index contributed by atoms with van der Waals surface area (Å²) in [6.07, 6.45) is 1.19. The predicted molar refractivity (Wildman–Crippen MR) is 130 cm³/mol. The van der Waals surface area contributed by atoms with E-state index in [0.29, 0.717) is 27.1 Å². The SMILES string of the molecule is COc1cc(/C=C2/SC(=O)N(CC(=O)OC(C)C)C2=O)c(Br)cc1OCc1ccccc1C#N. The van der Waals surface area contributed by atoms with E-state index in [1.54, 1.807) is 44.2 Å². The molecule has 0 radical (unpaired) electrons. The van der Waals surface area contributed by atoms with Crippen molar-refractivity contribution in [2.45, 2.75) is 26.6 Å². The Kier molecular flexibility index (Phi) is 8.36. The highest BCUT2D eigenvalue weighted by atomic mass is 79.9. The molecule has 1 aliphatic heterocycles. The second-order valence-corrected chi connectivity index (χ2v) is 9.24. The lowest BCUT2D eigenvalue weighted by molar-refractivity contribution is -0.149. The van der Waals surface area contributed by atoms with Crippen LogP contribution in [0.15, 0.2) is 45.8 Å². The maximum absolute atomic E-state index is 12.7. The lowest BCUT2D eigenvalue weighted by Crippen LogP contribution is -2.35. The number of carbonyl (C=O) groups excluding carboxylic acids is 3. The minimum atomic E-state index is -0.652. The van der Waals surface area contributed by atoms with Crippen LogP contribution in [-0.2, 0) is 20.9 Å². The number of carbonyl (C=O) groups is 3. The average Bonchev–Trinajstić information content (AvgIpc) is 3.05. The number of amides is 2. The molecule has 1 aliphatic rings. The number of nitriles is 1. The Morgan fingerprint density at radius 3 is 2.65 bits per heavy atom. The summed E-state index contributed by atoms with van der Waals surface area (Å²) in [7, 11) is 1.48. The number of thioether (sulfide) groups is 1. The molecule has 2 aromatic carbocycles. The lowest BCUT2D eigenvalue weighted by atomic mass is 10.1. The molecule has 0 spiro atoms. The van der Waals surface area contributed by atoms with Crippen LogP contribution in [-0.4, -0.2) is 41.8 Å². The summed E-state index contributed by atoms with van der Waals surface area (Å²) >= 11 is 4.21. The van der Waals surface area contributed by atoms with E-state index in [1.807, 2.05) is 12.1 Å². The van der Waals surface area contributed by atoms with E-state index in [9.17, 15) is 19.6 Å². The number of imide groups is 1. The zero-order chi connectivity index (χ0) is 24.8. The minimum Gasteiger partial charge on any atom is -0.493 e. The Morgan fingerprint density at radius 2 is 1.97 bits per heavy atom. The molecule has 34 heavy (non-hydrogen) atoms. The lowest BCUT2D eigenvalue weighted by Gasteiger charge is -2.14. The largest absolute Gasteiger partial charge is 0.493 e. The number of hydrogen-bond acceptors (Lipinski definition) is 8. The molecule has 1 heterocycles. The van der Waals surface area contributed by atoms with Crippen molar-refractivity contribution in [3.05, 3.63) is 62.5 Å². The summed E-state index contributed by atoms with van der Waals surface area (Å²) in [4.78, 5) is 37.9. The molecule has 0 N–H and O–H groups in total. The topological polar surface area (TPSA) is 106 Å². The number of esters is 1. The van der Waals surface area contributed by atoms with Crippen molar-refractivity contribution in [3.63, 3.8) is 0 Å². The number of hydrogen-bond donors (Lipinski definition) is 0. The fraction of sp³-hybridized carbons (Fsp3) is 0.250. The summed E-state index contributed by atoms with van der Waals surface area (Å²) in [5.74, 6) is -0.386. The molecule has 0 bridgehead atoms. The third-order valence-corrected chi connectivity index (χ3v) is 6.21. The first-order chi connectivity index (χ1) is 16.2. The van der Waals surface area contributed by atoms with Crippen LogP contribution in [0.1, 0.15) is 30.5 Å². The first kappa shape index (κ1) is 25.3. The van der Waals surface area contributed by atoms with Crippen LogP contribution in [0.3, 0.4) is 0 Å². The van der Waals surface area contributed by atoms with Crippen molar-refractivity contribution < 1.29 is 28.6 Å². The van der Waals surface area contributed by atoms with Gasteiger partial charge in [-0.25, -0.2) is 0 Å². The van der Waals surface area contributed by atoms with Gasteiger partial charge in [-0.05, 0) is 55.4 Å². The van der Waals surface area contributed by atoms with Gasteiger partial charge in [-0.15, -0.1) is 0 Å². The normalized spacial score (nSPS) is 14.5. The summed E-state index contributed by atoms with van der Waals surface area (Å²) in [5, 5.41) is 8.71. The maximum atomic E-state index is 12.7. The van der Waals surface area contributed by atoms with Gasteiger partial charge in [-0.3, -0.25) is 19.3 Å². The molecule has 2 aromatic rings. The molecule has 0 unspecified atom stereocenters. The summed E-state index contributed by atoms with van der Waals surface area (Å²) in [6, 6.07) is 12.6. The zero-order valence-corrected chi connectivity index (χ0v) is 21.1. The van der Waals surface area contributed by atoms with Crippen LogP contribution >= 0.6 is 27.7 Å². The van der Waals surface area contributed by atoms with Gasteiger partial charge >= 0.3 is 5.97 Å². The Morgan fingerprint density at radius 1 is 1.24 bits per heavy atom. The monoisotopic (exact) mass is 544 g/mol. The number of rotatable bonds is 8. The van der Waals surface area contributed by atoms with E-state index in [4.69, 9.17) is 14.2 Å². The highest BCUT2D eigenvalue weighted by Gasteiger charge is 2.37. The van der Waals surface area contributed by atoms with Gasteiger partial charge in [0.25, 0.3) is 11.1 Å². The quantitative estimate of drug-likeness (QED) is 0.341. The number of ether oxygens (including phenoxy) is 3. The van der Waals surface area contributed by atoms with Crippen LogP contribution in [0.5, 0.6) is 11.5 Å². The fourth-order valence-corrected chi connectivity index (χ4v) is 4.32. The van der Waals surface area contributed by atoms with Gasteiger partial charge < -0.3 is 14.2 Å². The fourth-order valence-electron chi connectivity index (χ4n) is 3.05. The molecule has 10 heteroatoms. The Hall–Kier alpha value is -3.29. The number of nitrogens with zero attached hydrogens (tertiary/aromatic N) is 2. The molecule has 8 nitrogen and oxygen atoms in total. The molecular weight excluding hydrogens is 524 g/mol. The van der Waals surface area contributed by atoms with E-state index in [1.165, 1.54) is 7.11 Å². The first-order valence-corrected chi connectivity index (χ1v) is 11.8. The summed E-state index contributed by atoms with van der Waals surface area (Å²) in [6.45, 7) is 3.09. The van der Waals surface area contributed by atoms with Gasteiger partial charge in [0.1, 0.15) is 13.2 Å². The maximum Gasteiger partial charge on any atom is 0.326 e. The third-order valence-electron chi connectivity index (χ3n) is 4.62. The smallest absolute Gasteiger partial charge is 0.326 e. The Balaban J connectivity index is 1.80. The Labute approximate surface area is 209 Å². The van der Waals surface area contributed by atoms with Gasteiger partial charge in [0.2, 0.25) is 0 Å². The zero-order valence-electron chi connectivity index (χ0n) is 18.7. The van der Waals surface area contributed by atoms with Gasteiger partial charge in [0, 0.05) is 10.0 Å². The molecular formula is C24H21BrN2O6S. The number of methoxy groups -OCH3 is 1. The van der Waals surface area contributed by atoms with E-state index in [2.05, 4.69) is 22.0 Å². The molecule has 176 valence electrons. The van der Waals surface area contributed by atoms with E-state index in [0.717, 1.165) is 22.2 Å². The van der Waals surface area contributed by atoms with Crippen LogP contribution in [0.2, 0.25) is 0 Å². The van der Waals surface area contributed by atoms with Crippen molar-refractivity contribution in [3.8, 4) is 17.6 Å². The minimum absolute atomic E-state index is 0.164. The molecule has 0 aromatic heterocycles. The molecule has 0 saturated carbocycles. The molecule has 0 aliphatic carbocycles. The van der Waals surface area contributed by atoms with Crippen LogP contribution in [0.25, 0.3) is 6.08 Å². The van der Waals surface area contributed by atoms with E-state index in [-0.39, 0.29) is 17.6 Å². The van der Waals surface area contributed by atoms with Gasteiger partial charge in [0.05, 0.1) is 29.8 Å². The predicted octanol–water partition coefficient (Wildman–Crippen LogP) is 4.90. The standard InChI is InChI=1S/C24H21BrN2O6S/c1-14(2)33-22(28)12-27-23(29)21(34-24(27)30)9-17-8-19(31-3)20(10-18(17)25)32-13-16-7-5-4-6-15(16)11-26/h4-10,14H,12-13H2,1-3H3/b21-9+. The number of benzene rings is 2. The molecule has 3 rings (SSSR count). The van der Waals surface area contributed by atoms with Gasteiger partial charge in [-0.1, -0.05) is 34.1 Å². The van der Waals surface area contributed by atoms with Crippen molar-refractivity contribution in [1.29, 1.82) is 5.26 Å². The molecule has 1 saturated heterocycles. The van der Waals surface area contributed by atoms with Crippen molar-refractivity contribution in [2.75, 3.05) is 13.7 Å². The second-order valence-electron chi connectivity index (χ2n) is 7.39. The van der Waals surface area contributed by atoms with Crippen LogP contribution < -0.4 is 9.47 Å². The van der Waals surface area contributed by atoms with Gasteiger partial charge in [0.15, 0.2) is 11.5 Å². The highest BCUT2D eigenvalue weighted by molar-refractivity contribution is 9.10. The van der Waals surface area contributed by atoms with Crippen molar-refractivity contribution in [2.24, 2.45) is 0 Å². The molecule has 2 amide bonds. The average molecular weight is 545 g/mol. The Bertz CT molecular complexity index is 1200. The third kappa shape index (κ3) is 5.98. The van der Waals surface area contributed by atoms with Crippen molar-refractivity contribution in [1.82, 2.24) is 4.90 Å². The first-order valence-electron chi connectivity index (χ1n) is 10.2. The van der Waals surface area contributed by atoms with Crippen LogP contribution in [0.4, 0.5) is 4.79 Å². The van der Waals surface area contributed by atoms with Crippen molar-refractivity contribution >= 4 is 50.9 Å². The number of halogens is 1.